The molecule has 3 N–H and O–H groups in total. The minimum absolute atomic E-state index is 0.0288. The number of benzene rings is 1. The summed E-state index contributed by atoms with van der Waals surface area (Å²) in [4.78, 5) is 26.4. The van der Waals surface area contributed by atoms with Gasteiger partial charge in [0, 0.05) is 0 Å². The van der Waals surface area contributed by atoms with Crippen LogP contribution in [0.3, 0.4) is 0 Å². The minimum Gasteiger partial charge on any atom is -0.482 e. The zero-order valence-electron chi connectivity index (χ0n) is 15.6. The van der Waals surface area contributed by atoms with E-state index in [0.29, 0.717) is 11.5 Å². The quantitative estimate of drug-likeness (QED) is 0.737. The van der Waals surface area contributed by atoms with Gasteiger partial charge in [-0.3, -0.25) is 9.59 Å². The van der Waals surface area contributed by atoms with Crippen LogP contribution in [0.5, 0.6) is 5.75 Å². The summed E-state index contributed by atoms with van der Waals surface area (Å²) < 4.78 is 43.8. The summed E-state index contributed by atoms with van der Waals surface area (Å²) in [6.45, 7) is 1.42. The number of pyridine rings is 1. The van der Waals surface area contributed by atoms with Gasteiger partial charge in [-0.2, -0.15) is 13.2 Å². The molecule has 1 aliphatic rings. The lowest BCUT2D eigenvalue weighted by molar-refractivity contribution is -0.174. The van der Waals surface area contributed by atoms with Gasteiger partial charge in [0.25, 0.3) is 5.91 Å². The number of carbonyl (C=O) groups is 2. The Morgan fingerprint density at radius 3 is 2.31 bits per heavy atom. The Bertz CT molecular complexity index is 879. The maximum Gasteiger partial charge on any atom is 0.471 e. The molecule has 0 aliphatic heterocycles. The molecule has 9 heteroatoms. The molecule has 2 amide bonds. The summed E-state index contributed by atoms with van der Waals surface area (Å²) in [6.07, 6.45) is -2.41. The van der Waals surface area contributed by atoms with Gasteiger partial charge >= 0.3 is 12.1 Å². The van der Waals surface area contributed by atoms with Crippen molar-refractivity contribution in [2.45, 2.75) is 44.0 Å². The molecule has 3 rings (SSSR count). The first-order valence-electron chi connectivity index (χ1n) is 9.05. The Balaban J connectivity index is 1.83. The Kier molecular flexibility index (Phi) is 5.76. The van der Waals surface area contributed by atoms with Gasteiger partial charge in [-0.15, -0.1) is 0 Å². The second-order valence-electron chi connectivity index (χ2n) is 6.98. The number of alkyl halides is 3. The van der Waals surface area contributed by atoms with Gasteiger partial charge in [0.2, 0.25) is 0 Å². The number of hydrogen-bond donors (Lipinski definition) is 2. The van der Waals surface area contributed by atoms with E-state index in [4.69, 9.17) is 10.5 Å². The summed E-state index contributed by atoms with van der Waals surface area (Å²) in [5, 5.41) is 1.93. The molecule has 1 aromatic heterocycles. The first-order chi connectivity index (χ1) is 13.6. The van der Waals surface area contributed by atoms with E-state index in [9.17, 15) is 22.8 Å². The minimum atomic E-state index is -5.00. The second kappa shape index (κ2) is 8.10. The molecule has 1 fully saturated rings. The van der Waals surface area contributed by atoms with Crippen molar-refractivity contribution in [2.75, 3.05) is 0 Å². The van der Waals surface area contributed by atoms with Crippen LogP contribution in [0.15, 0.2) is 42.6 Å². The molecule has 1 saturated carbocycles. The Hall–Kier alpha value is -3.10. The van der Waals surface area contributed by atoms with E-state index in [1.54, 1.807) is 12.1 Å². The van der Waals surface area contributed by atoms with Gasteiger partial charge in [0.1, 0.15) is 17.5 Å². The molecule has 0 saturated heterocycles. The molecular weight excluding hydrogens is 387 g/mol. The zero-order valence-corrected chi connectivity index (χ0v) is 15.6. The molecule has 0 spiro atoms. The van der Waals surface area contributed by atoms with Gasteiger partial charge in [0.05, 0.1) is 12.2 Å². The fourth-order valence-corrected chi connectivity index (χ4v) is 2.94. The van der Waals surface area contributed by atoms with Crippen molar-refractivity contribution in [3.05, 3.63) is 59.4 Å². The van der Waals surface area contributed by atoms with E-state index >= 15 is 0 Å². The van der Waals surface area contributed by atoms with Crippen LogP contribution >= 0.6 is 0 Å². The van der Waals surface area contributed by atoms with E-state index in [1.165, 1.54) is 25.3 Å². The number of halogens is 3. The standard InChI is InChI=1S/C20H20F3N3O3/c1-11(26-19(28)20(21,22)23)17(14-6-4-13(5-7-14)12-2-3-12)29-15-8-9-16(18(24)27)25-10-15/h4-12,17H,2-3H2,1H3,(H2,24,27)(H,26,28)/t11?,17-/m0/s1. The number of nitrogens with zero attached hydrogens (tertiary/aromatic N) is 1. The molecule has 154 valence electrons. The van der Waals surface area contributed by atoms with Gasteiger partial charge in [-0.05, 0) is 48.9 Å². The maximum atomic E-state index is 12.7. The van der Waals surface area contributed by atoms with Crippen molar-refractivity contribution in [1.82, 2.24) is 10.3 Å². The number of ether oxygens (including phenoxy) is 1. The smallest absolute Gasteiger partial charge is 0.471 e. The molecule has 2 aromatic rings. The largest absolute Gasteiger partial charge is 0.482 e. The summed E-state index contributed by atoms with van der Waals surface area (Å²) >= 11 is 0. The average molecular weight is 407 g/mol. The van der Waals surface area contributed by atoms with Gasteiger partial charge in [-0.25, -0.2) is 4.98 Å². The first kappa shape index (κ1) is 20.6. The van der Waals surface area contributed by atoms with Gasteiger partial charge in [0.15, 0.2) is 0 Å². The fraction of sp³-hybridized carbons (Fsp3) is 0.350. The number of aromatic nitrogens is 1. The summed E-state index contributed by atoms with van der Waals surface area (Å²) in [5.41, 5.74) is 6.94. The van der Waals surface area contributed by atoms with Crippen molar-refractivity contribution >= 4 is 11.8 Å². The van der Waals surface area contributed by atoms with Crippen LogP contribution in [-0.4, -0.2) is 29.0 Å². The lowest BCUT2D eigenvalue weighted by atomic mass is 10.00. The lowest BCUT2D eigenvalue weighted by Crippen LogP contribution is -2.45. The predicted molar refractivity (Wildman–Crippen MR) is 98.2 cm³/mol. The van der Waals surface area contributed by atoms with E-state index in [-0.39, 0.29) is 11.4 Å². The number of nitrogens with two attached hydrogens (primary N) is 1. The first-order valence-corrected chi connectivity index (χ1v) is 9.05. The van der Waals surface area contributed by atoms with Crippen molar-refractivity contribution in [2.24, 2.45) is 5.73 Å². The summed E-state index contributed by atoms with van der Waals surface area (Å²) in [7, 11) is 0. The van der Waals surface area contributed by atoms with Crippen molar-refractivity contribution in [3.63, 3.8) is 0 Å². The van der Waals surface area contributed by atoms with Crippen molar-refractivity contribution < 1.29 is 27.5 Å². The number of hydrogen-bond acceptors (Lipinski definition) is 4. The van der Waals surface area contributed by atoms with Crippen LogP contribution < -0.4 is 15.8 Å². The van der Waals surface area contributed by atoms with Crippen LogP contribution in [0.25, 0.3) is 0 Å². The highest BCUT2D eigenvalue weighted by molar-refractivity contribution is 5.90. The number of amides is 2. The molecular formula is C20H20F3N3O3. The maximum absolute atomic E-state index is 12.7. The van der Waals surface area contributed by atoms with Crippen LogP contribution in [0.1, 0.15) is 53.4 Å². The molecule has 0 bridgehead atoms. The molecule has 1 heterocycles. The van der Waals surface area contributed by atoms with Crippen LogP contribution in [-0.2, 0) is 4.79 Å². The molecule has 1 unspecified atom stereocenters. The van der Waals surface area contributed by atoms with E-state index in [2.05, 4.69) is 4.98 Å². The van der Waals surface area contributed by atoms with Crippen molar-refractivity contribution in [1.29, 1.82) is 0 Å². The number of primary amides is 1. The van der Waals surface area contributed by atoms with Crippen LogP contribution in [0, 0.1) is 0 Å². The molecule has 29 heavy (non-hydrogen) atoms. The highest BCUT2D eigenvalue weighted by atomic mass is 19.4. The topological polar surface area (TPSA) is 94.3 Å². The second-order valence-corrected chi connectivity index (χ2v) is 6.98. The summed E-state index contributed by atoms with van der Waals surface area (Å²) in [6, 6.07) is 9.18. The third-order valence-corrected chi connectivity index (χ3v) is 4.64. The highest BCUT2D eigenvalue weighted by Crippen LogP contribution is 2.40. The molecule has 0 radical (unpaired) electrons. The number of carbonyl (C=O) groups excluding carboxylic acids is 2. The molecule has 1 aliphatic carbocycles. The predicted octanol–water partition coefficient (Wildman–Crippen LogP) is 3.25. The number of nitrogens with one attached hydrogen (secondary N) is 1. The van der Waals surface area contributed by atoms with E-state index in [0.717, 1.165) is 18.4 Å². The zero-order chi connectivity index (χ0) is 21.2. The van der Waals surface area contributed by atoms with Gasteiger partial charge in [-0.1, -0.05) is 24.3 Å². The SMILES string of the molecule is CC(NC(=O)C(F)(F)F)[C@H](Oc1ccc(C(N)=O)nc1)c1ccc(C2CC2)cc1. The Morgan fingerprint density at radius 1 is 1.17 bits per heavy atom. The van der Waals surface area contributed by atoms with Crippen LogP contribution in [0.2, 0.25) is 0 Å². The van der Waals surface area contributed by atoms with E-state index in [1.807, 2.05) is 17.4 Å². The third-order valence-electron chi connectivity index (χ3n) is 4.64. The molecule has 6 nitrogen and oxygen atoms in total. The number of rotatable bonds is 7. The molecule has 1 aromatic carbocycles. The molecule has 2 atom stereocenters. The van der Waals surface area contributed by atoms with Gasteiger partial charge < -0.3 is 15.8 Å². The fourth-order valence-electron chi connectivity index (χ4n) is 2.94. The summed E-state index contributed by atoms with van der Waals surface area (Å²) in [5.74, 6) is -2.01. The third kappa shape index (κ3) is 5.24. The average Bonchev–Trinajstić information content (AvgIpc) is 3.51. The van der Waals surface area contributed by atoms with Crippen molar-refractivity contribution in [3.8, 4) is 5.75 Å². The van der Waals surface area contributed by atoms with E-state index < -0.39 is 30.1 Å². The normalized spacial score (nSPS) is 16.0. The monoisotopic (exact) mass is 407 g/mol. The Morgan fingerprint density at radius 2 is 1.83 bits per heavy atom. The van der Waals surface area contributed by atoms with Crippen LogP contribution in [0.4, 0.5) is 13.2 Å². The lowest BCUT2D eigenvalue weighted by Gasteiger charge is -2.27. The highest BCUT2D eigenvalue weighted by Gasteiger charge is 2.40. The Labute approximate surface area is 165 Å².